The van der Waals surface area contributed by atoms with Crippen LogP contribution in [0.3, 0.4) is 0 Å². The summed E-state index contributed by atoms with van der Waals surface area (Å²) in [6.45, 7) is 0.597. The predicted octanol–water partition coefficient (Wildman–Crippen LogP) is 6.08. The highest BCUT2D eigenvalue weighted by atomic mass is 35.5. The fourth-order valence-electron chi connectivity index (χ4n) is 5.24. The summed E-state index contributed by atoms with van der Waals surface area (Å²) in [5.41, 5.74) is 8.36. The van der Waals surface area contributed by atoms with E-state index in [0.29, 0.717) is 35.2 Å². The van der Waals surface area contributed by atoms with Crippen molar-refractivity contribution in [1.82, 2.24) is 5.32 Å². The van der Waals surface area contributed by atoms with Crippen molar-refractivity contribution in [2.75, 3.05) is 31.4 Å². The molecule has 45 heavy (non-hydrogen) atoms. The minimum absolute atomic E-state index is 0.100. The smallest absolute Gasteiger partial charge is 0.331 e. The molecule has 0 unspecified atom stereocenters. The summed E-state index contributed by atoms with van der Waals surface area (Å²) in [5, 5.41) is 9.24. The average Bonchev–Trinajstić information content (AvgIpc) is 3.04. The monoisotopic (exact) mass is 653 g/mol. The van der Waals surface area contributed by atoms with Crippen molar-refractivity contribution in [1.29, 1.82) is 0 Å². The fraction of sp³-hybridized carbons (Fsp3) is 0.333. The molecule has 4 rings (SSSR count). The molecule has 3 aromatic rings. The summed E-state index contributed by atoms with van der Waals surface area (Å²) >= 11 is 12.3. The Bertz CT molecular complexity index is 1520. The third-order valence-corrected chi connectivity index (χ3v) is 8.25. The Morgan fingerprint density at radius 2 is 1.58 bits per heavy atom. The minimum atomic E-state index is -0.997. The van der Waals surface area contributed by atoms with Gasteiger partial charge in [-0.15, -0.1) is 0 Å². The van der Waals surface area contributed by atoms with Crippen molar-refractivity contribution >= 4 is 58.3 Å². The molecule has 5 N–H and O–H groups in total. The summed E-state index contributed by atoms with van der Waals surface area (Å²) in [4.78, 5) is 43.0. The Kier molecular flexibility index (Phi) is 12.1. The van der Waals surface area contributed by atoms with Crippen LogP contribution < -0.4 is 26.4 Å². The molecule has 0 radical (unpaired) electrons. The Balaban J connectivity index is 1.46. The van der Waals surface area contributed by atoms with E-state index in [9.17, 15) is 14.4 Å². The van der Waals surface area contributed by atoms with Gasteiger partial charge in [-0.1, -0.05) is 66.7 Å². The van der Waals surface area contributed by atoms with Gasteiger partial charge in [0.15, 0.2) is 12.0 Å². The van der Waals surface area contributed by atoms with Crippen LogP contribution in [0.2, 0.25) is 10.0 Å². The number of carbonyl (C=O) groups excluding carboxylic acids is 3. The number of aliphatic imine (C=N–C) groups is 1. The maximum Gasteiger partial charge on any atom is 0.331 e. The number of hydrogen-bond donors (Lipinski definition) is 4. The van der Waals surface area contributed by atoms with E-state index >= 15 is 0 Å². The number of methoxy groups -OCH3 is 2. The van der Waals surface area contributed by atoms with Crippen LogP contribution in [-0.4, -0.2) is 50.5 Å². The summed E-state index contributed by atoms with van der Waals surface area (Å²) in [5.74, 6) is -0.559. The first kappa shape index (κ1) is 33.6. The first-order valence-electron chi connectivity index (χ1n) is 14.7. The highest BCUT2D eigenvalue weighted by molar-refractivity contribution is 6.40. The van der Waals surface area contributed by atoms with Crippen LogP contribution in [0.1, 0.15) is 58.4 Å². The minimum Gasteiger partial charge on any atom is -0.495 e. The molecule has 1 atom stereocenters. The molecule has 1 aliphatic rings. The quantitative estimate of drug-likeness (QED) is 0.112. The number of amides is 2. The van der Waals surface area contributed by atoms with E-state index in [-0.39, 0.29) is 33.9 Å². The van der Waals surface area contributed by atoms with Crippen LogP contribution >= 0.6 is 23.2 Å². The molecule has 10 nitrogen and oxygen atoms in total. The van der Waals surface area contributed by atoms with Gasteiger partial charge in [0, 0.05) is 18.7 Å². The number of benzene rings is 3. The number of nitrogens with zero attached hydrogens (tertiary/aromatic N) is 1. The number of anilines is 2. The molecule has 1 fully saturated rings. The number of rotatable bonds is 11. The fourth-order valence-corrected chi connectivity index (χ4v) is 5.81. The highest BCUT2D eigenvalue weighted by Gasteiger charge is 2.23. The first-order valence-corrected chi connectivity index (χ1v) is 15.4. The third kappa shape index (κ3) is 9.12. The lowest BCUT2D eigenvalue weighted by Gasteiger charge is -2.22. The van der Waals surface area contributed by atoms with Crippen LogP contribution in [0.15, 0.2) is 65.7 Å². The molecule has 12 heteroatoms. The van der Waals surface area contributed by atoms with Crippen molar-refractivity contribution in [2.24, 2.45) is 16.6 Å². The van der Waals surface area contributed by atoms with Crippen LogP contribution in [0.4, 0.5) is 11.4 Å². The van der Waals surface area contributed by atoms with Gasteiger partial charge in [-0.05, 0) is 60.7 Å². The third-order valence-electron chi connectivity index (χ3n) is 7.62. The van der Waals surface area contributed by atoms with E-state index in [1.807, 2.05) is 0 Å². The molecular formula is C33H37Cl2N5O5. The normalized spacial score (nSPS) is 14.3. The molecule has 0 saturated heterocycles. The summed E-state index contributed by atoms with van der Waals surface area (Å²) < 4.78 is 10.5. The lowest BCUT2D eigenvalue weighted by molar-refractivity contribution is -0.142. The number of nitrogens with one attached hydrogen (secondary N) is 3. The molecule has 1 saturated carbocycles. The second-order valence-corrected chi connectivity index (χ2v) is 11.5. The summed E-state index contributed by atoms with van der Waals surface area (Å²) in [6.07, 6.45) is 5.96. The van der Waals surface area contributed by atoms with Gasteiger partial charge in [-0.3, -0.25) is 9.59 Å². The molecule has 0 spiro atoms. The predicted molar refractivity (Wildman–Crippen MR) is 178 cm³/mol. The Morgan fingerprint density at radius 3 is 2.22 bits per heavy atom. The Hall–Kier alpha value is -4.28. The molecule has 238 valence electrons. The zero-order valence-electron chi connectivity index (χ0n) is 25.2. The number of hydrogen-bond acceptors (Lipinski definition) is 6. The second-order valence-electron chi connectivity index (χ2n) is 10.7. The lowest BCUT2D eigenvalue weighted by atomic mass is 9.89. The van der Waals surface area contributed by atoms with Gasteiger partial charge >= 0.3 is 5.97 Å². The SMILES string of the molecule is COC(=O)[C@H](Cc1ccc(NC(=O)c2c(Cl)cccc2Cl)cc1)N=C(N)Nc1c(OC)cccc1C(=O)NCC1CCCCC1. The van der Waals surface area contributed by atoms with Crippen LogP contribution in [0, 0.1) is 5.92 Å². The van der Waals surface area contributed by atoms with Gasteiger partial charge in [-0.2, -0.15) is 0 Å². The van der Waals surface area contributed by atoms with Crippen molar-refractivity contribution in [3.63, 3.8) is 0 Å². The highest BCUT2D eigenvalue weighted by Crippen LogP contribution is 2.29. The van der Waals surface area contributed by atoms with Gasteiger partial charge in [0.25, 0.3) is 11.8 Å². The molecule has 3 aromatic carbocycles. The summed E-state index contributed by atoms with van der Waals surface area (Å²) in [7, 11) is 2.76. The lowest BCUT2D eigenvalue weighted by Crippen LogP contribution is -2.33. The van der Waals surface area contributed by atoms with Gasteiger partial charge in [0.05, 0.1) is 41.1 Å². The second kappa shape index (κ2) is 16.2. The molecule has 0 aliphatic heterocycles. The van der Waals surface area contributed by atoms with Gasteiger partial charge < -0.3 is 31.2 Å². The molecule has 0 heterocycles. The van der Waals surface area contributed by atoms with Crippen LogP contribution in [-0.2, 0) is 16.0 Å². The van der Waals surface area contributed by atoms with E-state index < -0.39 is 17.9 Å². The summed E-state index contributed by atoms with van der Waals surface area (Å²) in [6, 6.07) is 15.8. The number of ether oxygens (including phenoxy) is 2. The number of halogens is 2. The van der Waals surface area contributed by atoms with E-state index in [2.05, 4.69) is 20.9 Å². The molecule has 0 aromatic heterocycles. The van der Waals surface area contributed by atoms with Crippen molar-refractivity contribution < 1.29 is 23.9 Å². The molecular weight excluding hydrogens is 617 g/mol. The number of nitrogens with two attached hydrogens (primary N) is 1. The maximum absolute atomic E-state index is 13.2. The molecule has 1 aliphatic carbocycles. The Morgan fingerprint density at radius 1 is 0.911 bits per heavy atom. The first-order chi connectivity index (χ1) is 21.7. The van der Waals surface area contributed by atoms with Crippen LogP contribution in [0.5, 0.6) is 5.75 Å². The zero-order chi connectivity index (χ0) is 32.3. The molecule has 2 amide bonds. The average molecular weight is 655 g/mol. The van der Waals surface area contributed by atoms with Crippen molar-refractivity contribution in [3.05, 3.63) is 87.4 Å². The van der Waals surface area contributed by atoms with E-state index in [4.69, 9.17) is 38.4 Å². The number of guanidine groups is 1. The van der Waals surface area contributed by atoms with Gasteiger partial charge in [0.1, 0.15) is 5.75 Å². The number of esters is 1. The van der Waals surface area contributed by atoms with E-state index in [1.54, 1.807) is 60.7 Å². The Labute approximate surface area is 272 Å². The van der Waals surface area contributed by atoms with Crippen molar-refractivity contribution in [3.8, 4) is 5.75 Å². The zero-order valence-corrected chi connectivity index (χ0v) is 26.7. The largest absolute Gasteiger partial charge is 0.495 e. The van der Waals surface area contributed by atoms with Crippen molar-refractivity contribution in [2.45, 2.75) is 44.6 Å². The van der Waals surface area contributed by atoms with E-state index in [0.717, 1.165) is 18.4 Å². The van der Waals surface area contributed by atoms with Gasteiger partial charge in [0.2, 0.25) is 0 Å². The van der Waals surface area contributed by atoms with E-state index in [1.165, 1.54) is 33.5 Å². The maximum atomic E-state index is 13.2. The topological polar surface area (TPSA) is 144 Å². The number of carbonyl (C=O) groups is 3. The van der Waals surface area contributed by atoms with Crippen LogP contribution in [0.25, 0.3) is 0 Å². The van der Waals surface area contributed by atoms with Gasteiger partial charge in [-0.25, -0.2) is 9.79 Å². The standard InChI is InChI=1S/C33H37Cl2N5O5/c1-44-27-13-6-10-23(30(41)37-19-21-8-4-3-5-9-21)29(27)40-33(36)39-26(32(43)45-2)18-20-14-16-22(17-15-20)38-31(42)28-24(34)11-7-12-25(28)35/h6-7,10-17,21,26H,3-5,8-9,18-19H2,1-2H3,(H,37,41)(H,38,42)(H3,36,39,40)/t26-/m0/s1. The molecule has 0 bridgehead atoms. The number of para-hydroxylation sites is 1.